The number of rotatable bonds is 6. The van der Waals surface area contributed by atoms with Gasteiger partial charge in [-0.3, -0.25) is 4.79 Å². The highest BCUT2D eigenvalue weighted by Crippen LogP contribution is 2.16. The van der Waals surface area contributed by atoms with Gasteiger partial charge in [0, 0.05) is 45.8 Å². The highest BCUT2D eigenvalue weighted by molar-refractivity contribution is 5.73. The van der Waals surface area contributed by atoms with Crippen LogP contribution in [0.1, 0.15) is 20.3 Å². The van der Waals surface area contributed by atoms with Gasteiger partial charge < -0.3 is 19.9 Å². The smallest absolute Gasteiger partial charge is 0.317 e. The van der Waals surface area contributed by atoms with Gasteiger partial charge in [0.1, 0.15) is 0 Å². The van der Waals surface area contributed by atoms with Gasteiger partial charge in [0.15, 0.2) is 0 Å². The van der Waals surface area contributed by atoms with E-state index in [1.165, 1.54) is 4.68 Å². The predicted octanol–water partition coefficient (Wildman–Crippen LogP) is 0.427. The van der Waals surface area contributed by atoms with E-state index in [4.69, 9.17) is 4.74 Å². The molecular formula is C16H27N5O3. The minimum atomic E-state index is -0.123. The number of carbonyl (C=O) groups excluding carboxylic acids is 1. The first-order valence-electron chi connectivity index (χ1n) is 8.47. The summed E-state index contributed by atoms with van der Waals surface area (Å²) in [6.45, 7) is 7.92. The summed E-state index contributed by atoms with van der Waals surface area (Å²) in [7, 11) is 1.63. The quantitative estimate of drug-likeness (QED) is 0.814. The molecule has 0 radical (unpaired) electrons. The largest absolute Gasteiger partial charge is 0.374 e. The van der Waals surface area contributed by atoms with Crippen molar-refractivity contribution in [2.75, 3.05) is 44.2 Å². The van der Waals surface area contributed by atoms with Crippen molar-refractivity contribution < 1.29 is 9.53 Å². The lowest BCUT2D eigenvalue weighted by Gasteiger charge is -2.34. The fraction of sp³-hybridized carbons (Fsp3) is 0.688. The second kappa shape index (κ2) is 8.68. The topological polar surface area (TPSA) is 79.7 Å². The summed E-state index contributed by atoms with van der Waals surface area (Å²) in [6, 6.07) is 1.56. The zero-order valence-corrected chi connectivity index (χ0v) is 14.7. The van der Waals surface area contributed by atoms with Gasteiger partial charge in [-0.1, -0.05) is 0 Å². The molecule has 0 saturated carbocycles. The third-order valence-electron chi connectivity index (χ3n) is 4.25. The highest BCUT2D eigenvalue weighted by atomic mass is 16.5. The normalized spacial score (nSPS) is 17.6. The molecule has 0 spiro atoms. The molecule has 8 nitrogen and oxygen atoms in total. The summed E-state index contributed by atoms with van der Waals surface area (Å²) < 4.78 is 7.08. The Morgan fingerprint density at radius 1 is 1.46 bits per heavy atom. The molecule has 0 aliphatic carbocycles. The van der Waals surface area contributed by atoms with E-state index in [-0.39, 0.29) is 17.7 Å². The minimum Gasteiger partial charge on any atom is -0.374 e. The van der Waals surface area contributed by atoms with Gasteiger partial charge in [-0.2, -0.15) is 5.10 Å². The summed E-state index contributed by atoms with van der Waals surface area (Å²) in [4.78, 5) is 27.5. The van der Waals surface area contributed by atoms with Crippen LogP contribution in [0, 0.1) is 0 Å². The molecule has 1 N–H and O–H groups in total. The third-order valence-corrected chi connectivity index (χ3v) is 4.25. The van der Waals surface area contributed by atoms with E-state index in [1.54, 1.807) is 24.2 Å². The van der Waals surface area contributed by atoms with Gasteiger partial charge in [0.25, 0.3) is 5.56 Å². The molecule has 8 heteroatoms. The van der Waals surface area contributed by atoms with Crippen LogP contribution in [0.2, 0.25) is 0 Å². The molecule has 2 heterocycles. The van der Waals surface area contributed by atoms with Crippen LogP contribution < -0.4 is 15.8 Å². The monoisotopic (exact) mass is 337 g/mol. The lowest BCUT2D eigenvalue weighted by molar-refractivity contribution is 0.0357. The molecule has 1 saturated heterocycles. The Labute approximate surface area is 142 Å². The molecular weight excluding hydrogens is 310 g/mol. The number of ether oxygens (including phenoxy) is 1. The Kier molecular flexibility index (Phi) is 6.60. The SMILES string of the molecule is CCN(CC)C(=O)NCC[C@H]1CN(c2cnn(C)c(=O)c2)CCO1. The predicted molar refractivity (Wildman–Crippen MR) is 92.4 cm³/mol. The number of nitrogens with one attached hydrogen (secondary N) is 1. The minimum absolute atomic E-state index is 0.0276. The number of amides is 2. The van der Waals surface area contributed by atoms with E-state index in [2.05, 4.69) is 15.3 Å². The fourth-order valence-electron chi connectivity index (χ4n) is 2.72. The molecule has 0 aromatic carbocycles. The fourth-order valence-corrected chi connectivity index (χ4v) is 2.72. The van der Waals surface area contributed by atoms with Crippen molar-refractivity contribution in [3.63, 3.8) is 0 Å². The average Bonchev–Trinajstić information content (AvgIpc) is 2.59. The maximum Gasteiger partial charge on any atom is 0.317 e. The van der Waals surface area contributed by atoms with Crippen molar-refractivity contribution in [3.8, 4) is 0 Å². The highest BCUT2D eigenvalue weighted by Gasteiger charge is 2.21. The standard InChI is InChI=1S/C16H27N5O3/c1-4-20(5-2)16(23)17-7-6-14-12-21(8-9-24-14)13-10-15(22)19(3)18-11-13/h10-11,14H,4-9,12H2,1-3H3,(H,17,23)/t14-/m0/s1. The van der Waals surface area contributed by atoms with Crippen LogP contribution >= 0.6 is 0 Å². The number of carbonyl (C=O) groups is 1. The van der Waals surface area contributed by atoms with Crippen LogP contribution in [-0.4, -0.2) is 66.1 Å². The number of anilines is 1. The molecule has 1 aliphatic heterocycles. The molecule has 1 fully saturated rings. The summed E-state index contributed by atoms with van der Waals surface area (Å²) in [5, 5.41) is 6.99. The first-order chi connectivity index (χ1) is 11.5. The zero-order valence-electron chi connectivity index (χ0n) is 14.7. The molecule has 134 valence electrons. The summed E-state index contributed by atoms with van der Waals surface area (Å²) in [5.74, 6) is 0. The van der Waals surface area contributed by atoms with Gasteiger partial charge in [-0.25, -0.2) is 9.48 Å². The lowest BCUT2D eigenvalue weighted by atomic mass is 10.2. The maximum atomic E-state index is 11.9. The molecule has 1 aromatic rings. The first kappa shape index (κ1) is 18.3. The van der Waals surface area contributed by atoms with Crippen molar-refractivity contribution in [2.24, 2.45) is 7.05 Å². The van der Waals surface area contributed by atoms with Crippen LogP contribution in [0.5, 0.6) is 0 Å². The van der Waals surface area contributed by atoms with Crippen LogP contribution in [0.15, 0.2) is 17.1 Å². The van der Waals surface area contributed by atoms with Crippen molar-refractivity contribution in [1.29, 1.82) is 0 Å². The van der Waals surface area contributed by atoms with Gasteiger partial charge >= 0.3 is 6.03 Å². The maximum absolute atomic E-state index is 11.9. The molecule has 1 atom stereocenters. The van der Waals surface area contributed by atoms with E-state index in [1.807, 2.05) is 13.8 Å². The number of hydrogen-bond donors (Lipinski definition) is 1. The van der Waals surface area contributed by atoms with Crippen molar-refractivity contribution in [1.82, 2.24) is 20.0 Å². The van der Waals surface area contributed by atoms with E-state index in [9.17, 15) is 9.59 Å². The molecule has 2 amide bonds. The van der Waals surface area contributed by atoms with Gasteiger partial charge in [0.2, 0.25) is 0 Å². The second-order valence-corrected chi connectivity index (χ2v) is 5.81. The Bertz CT molecular complexity index is 600. The lowest BCUT2D eigenvalue weighted by Crippen LogP contribution is -2.45. The summed E-state index contributed by atoms with van der Waals surface area (Å²) in [5.41, 5.74) is 0.695. The van der Waals surface area contributed by atoms with Gasteiger partial charge in [-0.15, -0.1) is 0 Å². The summed E-state index contributed by atoms with van der Waals surface area (Å²) in [6.07, 6.45) is 2.47. The Hall–Kier alpha value is -2.09. The van der Waals surface area contributed by atoms with Gasteiger partial charge in [-0.05, 0) is 20.3 Å². The Morgan fingerprint density at radius 2 is 2.21 bits per heavy atom. The van der Waals surface area contributed by atoms with Crippen molar-refractivity contribution >= 4 is 11.7 Å². The number of morpholine rings is 1. The number of aryl methyl sites for hydroxylation is 1. The molecule has 24 heavy (non-hydrogen) atoms. The molecule has 2 rings (SSSR count). The first-order valence-corrected chi connectivity index (χ1v) is 8.47. The number of urea groups is 1. The number of hydrogen-bond acceptors (Lipinski definition) is 5. The number of nitrogens with zero attached hydrogens (tertiary/aromatic N) is 4. The van der Waals surface area contributed by atoms with E-state index >= 15 is 0 Å². The van der Waals surface area contributed by atoms with Crippen LogP contribution in [-0.2, 0) is 11.8 Å². The van der Waals surface area contributed by atoms with Crippen molar-refractivity contribution in [3.05, 3.63) is 22.6 Å². The van der Waals surface area contributed by atoms with E-state index in [0.29, 0.717) is 32.8 Å². The summed E-state index contributed by atoms with van der Waals surface area (Å²) >= 11 is 0. The van der Waals surface area contributed by atoms with E-state index in [0.717, 1.165) is 18.7 Å². The third kappa shape index (κ3) is 4.70. The second-order valence-electron chi connectivity index (χ2n) is 5.81. The van der Waals surface area contributed by atoms with Crippen LogP contribution in [0.25, 0.3) is 0 Å². The average molecular weight is 337 g/mol. The molecule has 0 unspecified atom stereocenters. The van der Waals surface area contributed by atoms with E-state index < -0.39 is 0 Å². The number of aromatic nitrogens is 2. The Morgan fingerprint density at radius 3 is 2.88 bits per heavy atom. The zero-order chi connectivity index (χ0) is 17.5. The van der Waals surface area contributed by atoms with Gasteiger partial charge in [0.05, 0.1) is 24.6 Å². The Balaban J connectivity index is 1.84. The van der Waals surface area contributed by atoms with Crippen LogP contribution in [0.4, 0.5) is 10.5 Å². The molecule has 1 aliphatic rings. The molecule has 0 bridgehead atoms. The molecule has 1 aromatic heterocycles. The van der Waals surface area contributed by atoms with Crippen molar-refractivity contribution in [2.45, 2.75) is 26.4 Å². The van der Waals surface area contributed by atoms with Crippen LogP contribution in [0.3, 0.4) is 0 Å².